The van der Waals surface area contributed by atoms with Gasteiger partial charge in [-0.05, 0) is 32.0 Å². The van der Waals surface area contributed by atoms with Gasteiger partial charge in [-0.3, -0.25) is 4.90 Å². The van der Waals surface area contributed by atoms with Crippen molar-refractivity contribution in [2.45, 2.75) is 32.4 Å². The zero-order chi connectivity index (χ0) is 11.5. The molecule has 1 aromatic rings. The molecule has 0 aromatic carbocycles. The molecule has 1 aliphatic heterocycles. The van der Waals surface area contributed by atoms with Crippen LogP contribution in [0.4, 0.5) is 0 Å². The summed E-state index contributed by atoms with van der Waals surface area (Å²) in [6, 6.07) is 2.14. The second kappa shape index (κ2) is 5.21. The smallest absolute Gasteiger partial charge is 0.113 e. The molecular formula is C12H20ClN3. The molecule has 2 rings (SSSR count). The largest absolute Gasteiger partial charge is 0.337 e. The monoisotopic (exact) mass is 241 g/mol. The highest BCUT2D eigenvalue weighted by atomic mass is 35.5. The summed E-state index contributed by atoms with van der Waals surface area (Å²) in [7, 11) is 1.98. The highest BCUT2D eigenvalue weighted by molar-refractivity contribution is 6.30. The van der Waals surface area contributed by atoms with Gasteiger partial charge in [0, 0.05) is 31.4 Å². The average Bonchev–Trinajstić information content (AvgIpc) is 2.58. The Morgan fingerprint density at radius 1 is 1.31 bits per heavy atom. The van der Waals surface area contributed by atoms with Crippen molar-refractivity contribution < 1.29 is 0 Å². The molecule has 1 fully saturated rings. The third-order valence-electron chi connectivity index (χ3n) is 3.38. The molecule has 0 unspecified atom stereocenters. The number of hydrogen-bond acceptors (Lipinski definition) is 2. The van der Waals surface area contributed by atoms with Gasteiger partial charge in [-0.15, -0.1) is 0 Å². The summed E-state index contributed by atoms with van der Waals surface area (Å²) in [5.74, 6) is 0. The summed E-state index contributed by atoms with van der Waals surface area (Å²) in [5, 5.41) is 0.839. The summed E-state index contributed by atoms with van der Waals surface area (Å²) in [4.78, 5) is 2.48. The van der Waals surface area contributed by atoms with Crippen molar-refractivity contribution in [1.29, 1.82) is 0 Å². The van der Waals surface area contributed by atoms with Gasteiger partial charge in [0.05, 0.1) is 0 Å². The normalized spacial score (nSPS) is 17.9. The molecule has 90 valence electrons. The van der Waals surface area contributed by atoms with Crippen LogP contribution in [0.25, 0.3) is 0 Å². The van der Waals surface area contributed by atoms with Crippen LogP contribution in [-0.2, 0) is 20.1 Å². The van der Waals surface area contributed by atoms with E-state index < -0.39 is 0 Å². The predicted molar refractivity (Wildman–Crippen MR) is 67.4 cm³/mol. The highest BCUT2D eigenvalue weighted by Gasteiger charge is 2.15. The Labute approximate surface area is 102 Å². The van der Waals surface area contributed by atoms with Crippen molar-refractivity contribution in [3.05, 3.63) is 22.5 Å². The first-order valence-electron chi connectivity index (χ1n) is 5.97. The molecule has 0 saturated carbocycles. The first kappa shape index (κ1) is 12.0. The van der Waals surface area contributed by atoms with E-state index in [9.17, 15) is 0 Å². The van der Waals surface area contributed by atoms with Crippen LogP contribution in [0, 0.1) is 0 Å². The van der Waals surface area contributed by atoms with Crippen molar-refractivity contribution in [1.82, 2.24) is 9.47 Å². The van der Waals surface area contributed by atoms with E-state index in [4.69, 9.17) is 17.3 Å². The number of piperidine rings is 1. The van der Waals surface area contributed by atoms with Crippen LogP contribution in [0.1, 0.15) is 30.5 Å². The van der Waals surface area contributed by atoms with Gasteiger partial charge >= 0.3 is 0 Å². The summed E-state index contributed by atoms with van der Waals surface area (Å²) < 4.78 is 1.99. The van der Waals surface area contributed by atoms with Gasteiger partial charge in [0.2, 0.25) is 0 Å². The summed E-state index contributed by atoms with van der Waals surface area (Å²) in [5.41, 5.74) is 8.00. The minimum Gasteiger partial charge on any atom is -0.337 e. The minimum absolute atomic E-state index is 0.552. The van der Waals surface area contributed by atoms with Gasteiger partial charge in [-0.1, -0.05) is 18.0 Å². The zero-order valence-electron chi connectivity index (χ0n) is 9.88. The number of hydrogen-bond donors (Lipinski definition) is 1. The zero-order valence-corrected chi connectivity index (χ0v) is 10.6. The molecule has 4 heteroatoms. The predicted octanol–water partition coefficient (Wildman–Crippen LogP) is 2.12. The quantitative estimate of drug-likeness (QED) is 0.880. The first-order valence-corrected chi connectivity index (χ1v) is 6.35. The van der Waals surface area contributed by atoms with Crippen LogP contribution < -0.4 is 5.73 Å². The molecule has 3 nitrogen and oxygen atoms in total. The lowest BCUT2D eigenvalue weighted by molar-refractivity contribution is 0.221. The van der Waals surface area contributed by atoms with E-state index in [2.05, 4.69) is 11.0 Å². The summed E-state index contributed by atoms with van der Waals surface area (Å²) >= 11 is 6.29. The van der Waals surface area contributed by atoms with Crippen molar-refractivity contribution in [2.24, 2.45) is 12.8 Å². The van der Waals surface area contributed by atoms with Crippen LogP contribution >= 0.6 is 11.6 Å². The SMILES string of the molecule is Cn1c(CN)cc(CN2CCCCC2)c1Cl. The Balaban J connectivity index is 2.08. The summed E-state index contributed by atoms with van der Waals surface area (Å²) in [6.07, 6.45) is 4.00. The Hall–Kier alpha value is -0.510. The third kappa shape index (κ3) is 2.42. The number of halogens is 1. The fourth-order valence-electron chi connectivity index (χ4n) is 2.36. The molecule has 0 aliphatic carbocycles. The maximum Gasteiger partial charge on any atom is 0.113 e. The first-order chi connectivity index (χ1) is 7.72. The van der Waals surface area contributed by atoms with Crippen molar-refractivity contribution in [2.75, 3.05) is 13.1 Å². The maximum absolute atomic E-state index is 6.29. The Morgan fingerprint density at radius 3 is 2.56 bits per heavy atom. The van der Waals surface area contributed by atoms with E-state index >= 15 is 0 Å². The van der Waals surface area contributed by atoms with Crippen LogP contribution in [0.2, 0.25) is 5.15 Å². The van der Waals surface area contributed by atoms with E-state index in [-0.39, 0.29) is 0 Å². The van der Waals surface area contributed by atoms with Gasteiger partial charge in [-0.25, -0.2) is 0 Å². The maximum atomic E-state index is 6.29. The van der Waals surface area contributed by atoms with E-state index in [1.165, 1.54) is 37.9 Å². The molecule has 0 atom stereocenters. The van der Waals surface area contributed by atoms with Gasteiger partial charge in [-0.2, -0.15) is 0 Å². The van der Waals surface area contributed by atoms with Crippen molar-refractivity contribution >= 4 is 11.6 Å². The molecule has 16 heavy (non-hydrogen) atoms. The van der Waals surface area contributed by atoms with E-state index in [0.29, 0.717) is 6.54 Å². The third-order valence-corrected chi connectivity index (χ3v) is 3.88. The van der Waals surface area contributed by atoms with Gasteiger partial charge in [0.1, 0.15) is 5.15 Å². The lowest BCUT2D eigenvalue weighted by atomic mass is 10.1. The lowest BCUT2D eigenvalue weighted by Gasteiger charge is -2.26. The molecule has 2 heterocycles. The Morgan fingerprint density at radius 2 is 2.00 bits per heavy atom. The number of rotatable bonds is 3. The van der Waals surface area contributed by atoms with Crippen LogP contribution in [-0.4, -0.2) is 22.6 Å². The molecule has 1 saturated heterocycles. The number of nitrogens with zero attached hydrogens (tertiary/aromatic N) is 2. The van der Waals surface area contributed by atoms with Crippen LogP contribution in [0.3, 0.4) is 0 Å². The lowest BCUT2D eigenvalue weighted by Crippen LogP contribution is -2.29. The Kier molecular flexibility index (Phi) is 3.90. The Bertz CT molecular complexity index is 353. The van der Waals surface area contributed by atoms with Gasteiger partial charge < -0.3 is 10.3 Å². The van der Waals surface area contributed by atoms with E-state index in [0.717, 1.165) is 17.4 Å². The average molecular weight is 242 g/mol. The van der Waals surface area contributed by atoms with E-state index in [1.54, 1.807) is 0 Å². The highest BCUT2D eigenvalue weighted by Crippen LogP contribution is 2.23. The fourth-order valence-corrected chi connectivity index (χ4v) is 2.59. The standard InChI is InChI=1S/C12H20ClN3/c1-15-11(8-14)7-10(12(15)13)9-16-5-3-2-4-6-16/h7H,2-6,8-9,14H2,1H3. The second-order valence-electron chi connectivity index (χ2n) is 4.55. The molecule has 0 bridgehead atoms. The summed E-state index contributed by atoms with van der Waals surface area (Å²) in [6.45, 7) is 3.91. The molecule has 1 aromatic heterocycles. The number of nitrogens with two attached hydrogens (primary N) is 1. The molecule has 1 aliphatic rings. The topological polar surface area (TPSA) is 34.2 Å². The number of likely N-dealkylation sites (tertiary alicyclic amines) is 1. The molecule has 0 amide bonds. The van der Waals surface area contributed by atoms with Crippen LogP contribution in [0.15, 0.2) is 6.07 Å². The second-order valence-corrected chi connectivity index (χ2v) is 4.91. The van der Waals surface area contributed by atoms with E-state index in [1.807, 2.05) is 11.6 Å². The number of aromatic nitrogens is 1. The van der Waals surface area contributed by atoms with Crippen molar-refractivity contribution in [3.63, 3.8) is 0 Å². The van der Waals surface area contributed by atoms with Crippen LogP contribution in [0.5, 0.6) is 0 Å². The van der Waals surface area contributed by atoms with Gasteiger partial charge in [0.25, 0.3) is 0 Å². The molecular weight excluding hydrogens is 222 g/mol. The van der Waals surface area contributed by atoms with Crippen molar-refractivity contribution in [3.8, 4) is 0 Å². The molecule has 2 N–H and O–H groups in total. The fraction of sp³-hybridized carbons (Fsp3) is 0.667. The van der Waals surface area contributed by atoms with Gasteiger partial charge in [0.15, 0.2) is 0 Å². The minimum atomic E-state index is 0.552. The molecule has 0 spiro atoms. The molecule has 0 radical (unpaired) electrons.